The first kappa shape index (κ1) is 17.1. The molecule has 2 N–H and O–H groups in total. The van der Waals surface area contributed by atoms with E-state index in [-0.39, 0.29) is 17.4 Å². The second kappa shape index (κ2) is 7.82. The minimum atomic E-state index is -0.452. The number of aromatic amines is 1. The number of thioether (sulfide) groups is 1. The van der Waals surface area contributed by atoms with Gasteiger partial charge in [0.25, 0.3) is 0 Å². The highest BCUT2D eigenvalue weighted by Gasteiger charge is 2.12. The van der Waals surface area contributed by atoms with E-state index in [1.807, 2.05) is 32.0 Å². The number of H-pyrrole nitrogens is 1. The van der Waals surface area contributed by atoms with Crippen molar-refractivity contribution in [1.29, 1.82) is 0 Å². The molecule has 0 bridgehead atoms. The highest BCUT2D eigenvalue weighted by Crippen LogP contribution is 2.19. The van der Waals surface area contributed by atoms with Crippen LogP contribution in [0.4, 0.5) is 5.69 Å². The highest BCUT2D eigenvalue weighted by atomic mass is 32.2. The van der Waals surface area contributed by atoms with Crippen LogP contribution in [-0.4, -0.2) is 34.2 Å². The number of esters is 1. The summed E-state index contributed by atoms with van der Waals surface area (Å²) in [5.41, 5.74) is 3.26. The number of imidazole rings is 1. The molecule has 1 aromatic heterocycles. The van der Waals surface area contributed by atoms with Crippen molar-refractivity contribution in [2.75, 3.05) is 17.7 Å². The Bertz CT molecular complexity index is 712. The Balaban J connectivity index is 1.89. The Kier molecular flexibility index (Phi) is 5.81. The third-order valence-corrected chi connectivity index (χ3v) is 4.15. The van der Waals surface area contributed by atoms with Crippen LogP contribution in [0.15, 0.2) is 29.6 Å². The molecule has 1 amide bonds. The molecule has 0 unspecified atom stereocenters. The van der Waals surface area contributed by atoms with Gasteiger partial charge in [-0.1, -0.05) is 23.9 Å². The summed E-state index contributed by atoms with van der Waals surface area (Å²) in [4.78, 5) is 30.4. The molecule has 0 aliphatic heterocycles. The van der Waals surface area contributed by atoms with Gasteiger partial charge in [-0.2, -0.15) is 0 Å². The number of benzene rings is 1. The lowest BCUT2D eigenvalue weighted by Gasteiger charge is -2.09. The fourth-order valence-electron chi connectivity index (χ4n) is 1.90. The van der Waals surface area contributed by atoms with Crippen molar-refractivity contribution < 1.29 is 14.3 Å². The van der Waals surface area contributed by atoms with E-state index < -0.39 is 5.97 Å². The first-order valence-electron chi connectivity index (χ1n) is 7.22. The maximum absolute atomic E-state index is 12.0. The smallest absolute Gasteiger partial charge is 0.356 e. The molecular weight excluding hydrogens is 314 g/mol. The molecule has 0 aliphatic rings. The number of carbonyl (C=O) groups excluding carboxylic acids is 2. The number of aryl methyl sites for hydroxylation is 1. The number of anilines is 1. The van der Waals surface area contributed by atoms with Crippen LogP contribution in [-0.2, 0) is 9.53 Å². The van der Waals surface area contributed by atoms with Gasteiger partial charge in [-0.05, 0) is 38.0 Å². The lowest BCUT2D eigenvalue weighted by Crippen LogP contribution is -2.15. The van der Waals surface area contributed by atoms with Gasteiger partial charge in [0.1, 0.15) is 5.69 Å². The van der Waals surface area contributed by atoms with Gasteiger partial charge in [-0.15, -0.1) is 0 Å². The SMILES string of the molecule is CCOC(=O)c1cnc(SCC(=O)Nc2cccc(C)c2C)[nH]1. The molecule has 23 heavy (non-hydrogen) atoms. The Morgan fingerprint density at radius 1 is 1.35 bits per heavy atom. The summed E-state index contributed by atoms with van der Waals surface area (Å²) in [6.07, 6.45) is 1.41. The average molecular weight is 333 g/mol. The summed E-state index contributed by atoms with van der Waals surface area (Å²) in [6.45, 7) is 6.01. The largest absolute Gasteiger partial charge is 0.461 e. The first-order chi connectivity index (χ1) is 11.0. The molecule has 1 heterocycles. The van der Waals surface area contributed by atoms with Crippen LogP contribution >= 0.6 is 11.8 Å². The fourth-order valence-corrected chi connectivity index (χ4v) is 2.54. The Morgan fingerprint density at radius 2 is 2.13 bits per heavy atom. The summed E-state index contributed by atoms with van der Waals surface area (Å²) < 4.78 is 4.87. The highest BCUT2D eigenvalue weighted by molar-refractivity contribution is 7.99. The van der Waals surface area contributed by atoms with Crippen molar-refractivity contribution in [3.05, 3.63) is 41.2 Å². The van der Waals surface area contributed by atoms with Crippen LogP contribution in [0.3, 0.4) is 0 Å². The van der Waals surface area contributed by atoms with E-state index in [4.69, 9.17) is 4.74 Å². The van der Waals surface area contributed by atoms with Crippen molar-refractivity contribution in [1.82, 2.24) is 9.97 Å². The van der Waals surface area contributed by atoms with Crippen LogP contribution in [0.1, 0.15) is 28.5 Å². The second-order valence-electron chi connectivity index (χ2n) is 4.91. The van der Waals surface area contributed by atoms with Crippen molar-refractivity contribution >= 4 is 29.3 Å². The van der Waals surface area contributed by atoms with E-state index in [0.29, 0.717) is 11.8 Å². The van der Waals surface area contributed by atoms with Crippen LogP contribution in [0.5, 0.6) is 0 Å². The van der Waals surface area contributed by atoms with Gasteiger partial charge < -0.3 is 15.0 Å². The molecule has 7 heteroatoms. The third kappa shape index (κ3) is 4.59. The number of aromatic nitrogens is 2. The van der Waals surface area contributed by atoms with E-state index in [9.17, 15) is 9.59 Å². The normalized spacial score (nSPS) is 10.4. The third-order valence-electron chi connectivity index (χ3n) is 3.27. The van der Waals surface area contributed by atoms with Gasteiger partial charge in [-0.25, -0.2) is 9.78 Å². The molecule has 1 aromatic carbocycles. The maximum Gasteiger partial charge on any atom is 0.356 e. The van der Waals surface area contributed by atoms with E-state index in [2.05, 4.69) is 15.3 Å². The van der Waals surface area contributed by atoms with Crippen molar-refractivity contribution in [3.8, 4) is 0 Å². The number of carbonyl (C=O) groups is 2. The maximum atomic E-state index is 12.0. The Morgan fingerprint density at radius 3 is 2.87 bits per heavy atom. The molecule has 0 saturated heterocycles. The number of ether oxygens (including phenoxy) is 1. The molecule has 0 spiro atoms. The summed E-state index contributed by atoms with van der Waals surface area (Å²) in [7, 11) is 0. The topological polar surface area (TPSA) is 84.1 Å². The van der Waals surface area contributed by atoms with Crippen molar-refractivity contribution in [3.63, 3.8) is 0 Å². The molecule has 0 radical (unpaired) electrons. The van der Waals surface area contributed by atoms with E-state index in [1.54, 1.807) is 6.92 Å². The fraction of sp³-hybridized carbons (Fsp3) is 0.312. The van der Waals surface area contributed by atoms with Crippen molar-refractivity contribution in [2.24, 2.45) is 0 Å². The number of nitrogens with one attached hydrogen (secondary N) is 2. The van der Waals surface area contributed by atoms with Gasteiger partial charge >= 0.3 is 5.97 Å². The van der Waals surface area contributed by atoms with Gasteiger partial charge in [0.2, 0.25) is 5.91 Å². The Labute approximate surface area is 139 Å². The average Bonchev–Trinajstić information content (AvgIpc) is 2.99. The van der Waals surface area contributed by atoms with Gasteiger partial charge in [0, 0.05) is 5.69 Å². The monoisotopic (exact) mass is 333 g/mol. The van der Waals surface area contributed by atoms with Crippen LogP contribution < -0.4 is 5.32 Å². The minimum absolute atomic E-state index is 0.127. The zero-order valence-corrected chi connectivity index (χ0v) is 14.1. The predicted octanol–water partition coefficient (Wildman–Crippen LogP) is 2.93. The van der Waals surface area contributed by atoms with E-state index >= 15 is 0 Å². The minimum Gasteiger partial charge on any atom is -0.461 e. The van der Waals surface area contributed by atoms with Crippen LogP contribution in [0.2, 0.25) is 0 Å². The zero-order chi connectivity index (χ0) is 16.8. The van der Waals surface area contributed by atoms with Crippen LogP contribution in [0.25, 0.3) is 0 Å². The quantitative estimate of drug-likeness (QED) is 0.627. The molecule has 0 atom stereocenters. The number of nitrogens with zero attached hydrogens (tertiary/aromatic N) is 1. The molecule has 122 valence electrons. The molecule has 0 fully saturated rings. The van der Waals surface area contributed by atoms with E-state index in [0.717, 1.165) is 16.8 Å². The molecule has 2 rings (SSSR count). The molecule has 2 aromatic rings. The van der Waals surface area contributed by atoms with Gasteiger partial charge in [0.15, 0.2) is 5.16 Å². The summed E-state index contributed by atoms with van der Waals surface area (Å²) >= 11 is 1.23. The standard InChI is InChI=1S/C16H19N3O3S/c1-4-22-15(21)13-8-17-16(19-13)23-9-14(20)18-12-7-5-6-10(2)11(12)3/h5-8H,4,9H2,1-3H3,(H,17,19)(H,18,20). The molecule has 0 aliphatic carbocycles. The van der Waals surface area contributed by atoms with Crippen LogP contribution in [0, 0.1) is 13.8 Å². The first-order valence-corrected chi connectivity index (χ1v) is 8.20. The molecule has 0 saturated carbocycles. The summed E-state index contributed by atoms with van der Waals surface area (Å²) in [5.74, 6) is -0.382. The number of hydrogen-bond donors (Lipinski definition) is 2. The zero-order valence-electron chi connectivity index (χ0n) is 13.3. The van der Waals surface area contributed by atoms with Gasteiger partial charge in [0.05, 0.1) is 18.6 Å². The predicted molar refractivity (Wildman–Crippen MR) is 89.8 cm³/mol. The second-order valence-corrected chi connectivity index (χ2v) is 5.87. The van der Waals surface area contributed by atoms with Crippen molar-refractivity contribution in [2.45, 2.75) is 25.9 Å². The summed E-state index contributed by atoms with van der Waals surface area (Å²) in [6, 6.07) is 5.78. The summed E-state index contributed by atoms with van der Waals surface area (Å²) in [5, 5.41) is 3.38. The molecule has 6 nitrogen and oxygen atoms in total. The van der Waals surface area contributed by atoms with E-state index in [1.165, 1.54) is 18.0 Å². The number of hydrogen-bond acceptors (Lipinski definition) is 5. The number of amides is 1. The van der Waals surface area contributed by atoms with Gasteiger partial charge in [-0.3, -0.25) is 4.79 Å². The lowest BCUT2D eigenvalue weighted by molar-refractivity contribution is -0.113. The molecular formula is C16H19N3O3S. The Hall–Kier alpha value is -2.28. The lowest BCUT2D eigenvalue weighted by atomic mass is 10.1. The number of rotatable bonds is 6.